The van der Waals surface area contributed by atoms with Crippen molar-refractivity contribution < 1.29 is 0 Å². The fourth-order valence-electron chi connectivity index (χ4n) is 9.53. The van der Waals surface area contributed by atoms with Crippen LogP contribution in [-0.4, -0.2) is 0 Å². The third-order valence-corrected chi connectivity index (χ3v) is 12.4. The van der Waals surface area contributed by atoms with Gasteiger partial charge in [-0.15, -0.1) is 0 Å². The van der Waals surface area contributed by atoms with Crippen LogP contribution in [0.25, 0.3) is 54.6 Å². The first kappa shape index (κ1) is 34.8. The zero-order valence-corrected chi connectivity index (χ0v) is 33.2. The molecule has 10 aromatic rings. The predicted molar refractivity (Wildman–Crippen MR) is 251 cm³/mol. The maximum atomic E-state index is 2.41. The summed E-state index contributed by atoms with van der Waals surface area (Å²) in [5.74, 6) is 0. The highest BCUT2D eigenvalue weighted by atomic mass is 15.1. The molecule has 0 radical (unpaired) electrons. The van der Waals surface area contributed by atoms with Gasteiger partial charge in [-0.25, -0.2) is 0 Å². The summed E-state index contributed by atoms with van der Waals surface area (Å²) in [4.78, 5) is 4.81. The Balaban J connectivity index is 1.11. The van der Waals surface area contributed by atoms with Gasteiger partial charge in [-0.1, -0.05) is 159 Å². The highest BCUT2D eigenvalue weighted by molar-refractivity contribution is 6.17. The highest BCUT2D eigenvalue weighted by Crippen LogP contribution is 2.51. The number of nitrogens with zero attached hydrogens (tertiary/aromatic N) is 2. The standard InChI is InChI=1S/C57H42N2/c1-57(2)53-28-15-14-26-49(53)50-34-32-47(38-54(50)57)58(43-20-6-3-7-21-43)46-31-33-48-42(35-46)30-29-39-19-16-27-51(56(39)48)52-36-40-17-12-13-18-41(40)37-55(52)59(44-22-8-4-9-23-44)45-24-10-5-11-25-45/h3-38H,1-2H3. The number of fused-ring (bicyclic) bond motifs is 7. The largest absolute Gasteiger partial charge is 0.310 e. The molecule has 1 aliphatic rings. The SMILES string of the molecule is CC1(C)c2ccccc2-c2ccc(N(c3ccccc3)c3ccc4c(ccc5cccc(-c6cc7ccccc7cc6N(c6ccccc6)c6ccccc6)c54)c3)cc21. The summed E-state index contributed by atoms with van der Waals surface area (Å²) in [6, 6.07) is 79.9. The Morgan fingerprint density at radius 2 is 0.831 bits per heavy atom. The van der Waals surface area contributed by atoms with Gasteiger partial charge in [0.25, 0.3) is 0 Å². The molecule has 0 unspecified atom stereocenters. The summed E-state index contributed by atoms with van der Waals surface area (Å²) >= 11 is 0. The molecule has 59 heavy (non-hydrogen) atoms. The molecule has 0 N–H and O–H groups in total. The van der Waals surface area contributed by atoms with Gasteiger partial charge in [0.1, 0.15) is 0 Å². The summed E-state index contributed by atoms with van der Waals surface area (Å²) in [7, 11) is 0. The van der Waals surface area contributed by atoms with E-state index in [1.165, 1.54) is 65.7 Å². The van der Waals surface area contributed by atoms with E-state index in [0.717, 1.165) is 34.1 Å². The fourth-order valence-corrected chi connectivity index (χ4v) is 9.53. The van der Waals surface area contributed by atoms with Crippen molar-refractivity contribution in [3.63, 3.8) is 0 Å². The molecular formula is C57H42N2. The Morgan fingerprint density at radius 3 is 1.54 bits per heavy atom. The molecule has 10 aromatic carbocycles. The Morgan fingerprint density at radius 1 is 0.305 bits per heavy atom. The molecule has 0 heterocycles. The average Bonchev–Trinajstić information content (AvgIpc) is 3.52. The molecule has 0 aliphatic heterocycles. The third kappa shape index (κ3) is 5.79. The van der Waals surface area contributed by atoms with Crippen LogP contribution < -0.4 is 9.80 Å². The van der Waals surface area contributed by atoms with E-state index < -0.39 is 0 Å². The van der Waals surface area contributed by atoms with Crippen LogP contribution in [0, 0.1) is 0 Å². The van der Waals surface area contributed by atoms with E-state index in [2.05, 4.69) is 242 Å². The molecule has 0 atom stereocenters. The van der Waals surface area contributed by atoms with E-state index in [-0.39, 0.29) is 5.41 Å². The van der Waals surface area contributed by atoms with E-state index in [0.29, 0.717) is 0 Å². The van der Waals surface area contributed by atoms with E-state index >= 15 is 0 Å². The maximum Gasteiger partial charge on any atom is 0.0546 e. The van der Waals surface area contributed by atoms with Gasteiger partial charge >= 0.3 is 0 Å². The van der Waals surface area contributed by atoms with Crippen molar-refractivity contribution >= 4 is 66.4 Å². The van der Waals surface area contributed by atoms with Gasteiger partial charge in [0.15, 0.2) is 0 Å². The first-order chi connectivity index (χ1) is 29.0. The Kier molecular flexibility index (Phi) is 8.20. The van der Waals surface area contributed by atoms with Crippen LogP contribution in [0.4, 0.5) is 34.1 Å². The number of hydrogen-bond donors (Lipinski definition) is 0. The first-order valence-electron chi connectivity index (χ1n) is 20.5. The van der Waals surface area contributed by atoms with Crippen LogP contribution >= 0.6 is 0 Å². The summed E-state index contributed by atoms with van der Waals surface area (Å²) in [5.41, 5.74) is 14.5. The molecule has 0 bridgehead atoms. The van der Waals surface area contributed by atoms with E-state index in [1.807, 2.05) is 0 Å². The van der Waals surface area contributed by atoms with Crippen molar-refractivity contribution in [2.45, 2.75) is 19.3 Å². The topological polar surface area (TPSA) is 6.48 Å². The Bertz CT molecular complexity index is 3150. The van der Waals surface area contributed by atoms with Gasteiger partial charge in [-0.05, 0) is 133 Å². The van der Waals surface area contributed by atoms with Gasteiger partial charge in [0, 0.05) is 39.4 Å². The van der Waals surface area contributed by atoms with Crippen molar-refractivity contribution in [1.82, 2.24) is 0 Å². The maximum absolute atomic E-state index is 2.41. The molecule has 0 amide bonds. The zero-order valence-electron chi connectivity index (χ0n) is 33.2. The van der Waals surface area contributed by atoms with Gasteiger partial charge in [0.2, 0.25) is 0 Å². The zero-order chi connectivity index (χ0) is 39.5. The van der Waals surface area contributed by atoms with Crippen LogP contribution in [0.2, 0.25) is 0 Å². The monoisotopic (exact) mass is 754 g/mol. The van der Waals surface area contributed by atoms with E-state index in [1.54, 1.807) is 0 Å². The van der Waals surface area contributed by atoms with Gasteiger partial charge in [-0.3, -0.25) is 0 Å². The van der Waals surface area contributed by atoms with Crippen molar-refractivity contribution in [3.05, 3.63) is 230 Å². The van der Waals surface area contributed by atoms with E-state index in [4.69, 9.17) is 0 Å². The molecule has 0 spiro atoms. The highest BCUT2D eigenvalue weighted by Gasteiger charge is 2.35. The van der Waals surface area contributed by atoms with Crippen LogP contribution in [0.1, 0.15) is 25.0 Å². The fraction of sp³-hybridized carbons (Fsp3) is 0.0526. The number of para-hydroxylation sites is 3. The van der Waals surface area contributed by atoms with Crippen molar-refractivity contribution in [2.24, 2.45) is 0 Å². The number of rotatable bonds is 7. The number of anilines is 6. The van der Waals surface area contributed by atoms with E-state index in [9.17, 15) is 0 Å². The quantitative estimate of drug-likeness (QED) is 0.150. The second kappa shape index (κ2) is 13.9. The summed E-state index contributed by atoms with van der Waals surface area (Å²) in [6.45, 7) is 4.71. The molecule has 2 heteroatoms. The van der Waals surface area contributed by atoms with Crippen LogP contribution in [-0.2, 0) is 5.41 Å². The second-order valence-electron chi connectivity index (χ2n) is 16.2. The van der Waals surface area contributed by atoms with Crippen LogP contribution in [0.15, 0.2) is 218 Å². The second-order valence-corrected chi connectivity index (χ2v) is 16.2. The minimum Gasteiger partial charge on any atom is -0.310 e. The Labute approximate surface area is 345 Å². The molecular weight excluding hydrogens is 713 g/mol. The molecule has 1 aliphatic carbocycles. The summed E-state index contributed by atoms with van der Waals surface area (Å²) in [6.07, 6.45) is 0. The van der Waals surface area contributed by atoms with Crippen LogP contribution in [0.3, 0.4) is 0 Å². The van der Waals surface area contributed by atoms with Gasteiger partial charge < -0.3 is 9.80 Å². The van der Waals surface area contributed by atoms with Gasteiger partial charge in [-0.2, -0.15) is 0 Å². The first-order valence-corrected chi connectivity index (χ1v) is 20.5. The van der Waals surface area contributed by atoms with Crippen molar-refractivity contribution in [2.75, 3.05) is 9.80 Å². The molecule has 11 rings (SSSR count). The molecule has 0 aromatic heterocycles. The lowest BCUT2D eigenvalue weighted by Gasteiger charge is -2.29. The molecule has 0 fully saturated rings. The van der Waals surface area contributed by atoms with Crippen molar-refractivity contribution in [1.29, 1.82) is 0 Å². The molecule has 0 saturated carbocycles. The summed E-state index contributed by atoms with van der Waals surface area (Å²) < 4.78 is 0. The lowest BCUT2D eigenvalue weighted by atomic mass is 9.82. The average molecular weight is 755 g/mol. The van der Waals surface area contributed by atoms with Gasteiger partial charge in [0.05, 0.1) is 5.69 Å². The van der Waals surface area contributed by atoms with Crippen molar-refractivity contribution in [3.8, 4) is 22.3 Å². The summed E-state index contributed by atoms with van der Waals surface area (Å²) in [5, 5.41) is 7.31. The Hall–Kier alpha value is -7.42. The smallest absolute Gasteiger partial charge is 0.0546 e. The number of benzene rings is 10. The minimum atomic E-state index is -0.0960. The molecule has 2 nitrogen and oxygen atoms in total. The lowest BCUT2D eigenvalue weighted by molar-refractivity contribution is 0.660. The predicted octanol–water partition coefficient (Wildman–Crippen LogP) is 16.1. The van der Waals surface area contributed by atoms with Crippen LogP contribution in [0.5, 0.6) is 0 Å². The molecule has 280 valence electrons. The minimum absolute atomic E-state index is 0.0960. The third-order valence-electron chi connectivity index (χ3n) is 12.4. The normalized spacial score (nSPS) is 12.7. The lowest BCUT2D eigenvalue weighted by Crippen LogP contribution is -2.16. The number of hydrogen-bond acceptors (Lipinski definition) is 2. The molecule has 0 saturated heterocycles.